The summed E-state index contributed by atoms with van der Waals surface area (Å²) in [5, 5.41) is 0. The molecule has 0 spiro atoms. The van der Waals surface area contributed by atoms with Crippen LogP contribution in [0.15, 0.2) is 53.0 Å². The van der Waals surface area contributed by atoms with Gasteiger partial charge in [-0.15, -0.1) is 11.3 Å². The molecule has 5 nitrogen and oxygen atoms in total. The van der Waals surface area contributed by atoms with Crippen molar-refractivity contribution >= 4 is 28.9 Å². The Bertz CT molecular complexity index is 823. The van der Waals surface area contributed by atoms with Crippen LogP contribution in [-0.4, -0.2) is 17.8 Å². The van der Waals surface area contributed by atoms with Crippen LogP contribution < -0.4 is 11.3 Å². The van der Waals surface area contributed by atoms with Crippen molar-refractivity contribution in [2.45, 2.75) is 18.9 Å². The van der Waals surface area contributed by atoms with E-state index in [0.29, 0.717) is 17.2 Å². The summed E-state index contributed by atoms with van der Waals surface area (Å²) in [5.41, 5.74) is 4.51. The largest absolute Gasteiger partial charge is 0.442 e. The number of nitrogen functional groups attached to an aromatic ring is 1. The van der Waals surface area contributed by atoms with E-state index in [0.717, 1.165) is 22.6 Å². The lowest BCUT2D eigenvalue weighted by Crippen LogP contribution is -2.29. The maximum Gasteiger partial charge on any atom is 0.275 e. The van der Waals surface area contributed by atoms with Gasteiger partial charge in [-0.25, -0.2) is 10.8 Å². The molecule has 2 aliphatic rings. The molecule has 3 N–H and O–H groups in total. The number of carbonyl (C=O) groups excluding carboxylic acids is 1. The molecule has 1 amide bonds. The van der Waals surface area contributed by atoms with Crippen LogP contribution >= 0.6 is 11.3 Å². The van der Waals surface area contributed by atoms with Gasteiger partial charge in [0.25, 0.3) is 5.91 Å². The minimum Gasteiger partial charge on any atom is -0.442 e. The van der Waals surface area contributed by atoms with E-state index in [4.69, 9.17) is 10.6 Å². The number of ether oxygens (including phenoxy) is 1. The van der Waals surface area contributed by atoms with Crippen LogP contribution in [0.3, 0.4) is 0 Å². The zero-order chi connectivity index (χ0) is 15.8. The number of fused-ring (bicyclic) bond motifs is 1. The molecule has 1 unspecified atom stereocenters. The Hall–Kier alpha value is -2.44. The molecule has 1 aromatic carbocycles. The second kappa shape index (κ2) is 5.64. The number of amides is 1. The van der Waals surface area contributed by atoms with Crippen LogP contribution in [0.25, 0.3) is 5.76 Å². The Labute approximate surface area is 137 Å². The molecule has 0 saturated heterocycles. The van der Waals surface area contributed by atoms with Gasteiger partial charge in [-0.05, 0) is 12.1 Å². The second-order valence-corrected chi connectivity index (χ2v) is 6.65. The van der Waals surface area contributed by atoms with Crippen molar-refractivity contribution in [1.82, 2.24) is 5.43 Å². The predicted octanol–water partition coefficient (Wildman–Crippen LogP) is 2.51. The van der Waals surface area contributed by atoms with Crippen molar-refractivity contribution in [3.63, 3.8) is 0 Å². The minimum absolute atomic E-state index is 0.265. The molecular formula is C17H15N3O2S. The SMILES string of the molecule is NNC(=O)c1ccc(CC2=NC3CC3=C(c3ccccc3)O2)s1. The van der Waals surface area contributed by atoms with Crippen LogP contribution in [0.4, 0.5) is 0 Å². The molecule has 23 heavy (non-hydrogen) atoms. The Morgan fingerprint density at radius 1 is 1.30 bits per heavy atom. The van der Waals surface area contributed by atoms with E-state index >= 15 is 0 Å². The van der Waals surface area contributed by atoms with Gasteiger partial charge in [0.05, 0.1) is 17.3 Å². The van der Waals surface area contributed by atoms with E-state index in [1.165, 1.54) is 16.9 Å². The van der Waals surface area contributed by atoms with Gasteiger partial charge in [-0.3, -0.25) is 10.2 Å². The predicted molar refractivity (Wildman–Crippen MR) is 90.0 cm³/mol. The lowest BCUT2D eigenvalue weighted by Gasteiger charge is -2.15. The van der Waals surface area contributed by atoms with E-state index in [1.54, 1.807) is 6.07 Å². The maximum atomic E-state index is 11.5. The molecule has 1 aliphatic heterocycles. The van der Waals surface area contributed by atoms with E-state index < -0.39 is 0 Å². The summed E-state index contributed by atoms with van der Waals surface area (Å²) in [6, 6.07) is 14.0. The van der Waals surface area contributed by atoms with Gasteiger partial charge in [0.2, 0.25) is 0 Å². The third kappa shape index (κ3) is 2.78. The van der Waals surface area contributed by atoms with E-state index in [-0.39, 0.29) is 11.9 Å². The summed E-state index contributed by atoms with van der Waals surface area (Å²) < 4.78 is 6.04. The third-order valence-corrected chi connectivity index (χ3v) is 4.93. The number of nitrogens with zero attached hydrogens (tertiary/aromatic N) is 1. The van der Waals surface area contributed by atoms with Crippen molar-refractivity contribution in [2.24, 2.45) is 10.8 Å². The zero-order valence-electron chi connectivity index (χ0n) is 12.3. The first-order chi connectivity index (χ1) is 11.2. The number of hydrogen-bond acceptors (Lipinski definition) is 5. The summed E-state index contributed by atoms with van der Waals surface area (Å²) in [6.45, 7) is 0. The number of aliphatic imine (C=N–C) groups is 1. The normalized spacial score (nSPS) is 18.8. The topological polar surface area (TPSA) is 76.7 Å². The number of thiophene rings is 1. The van der Waals surface area contributed by atoms with Crippen LogP contribution in [-0.2, 0) is 11.2 Å². The summed E-state index contributed by atoms with van der Waals surface area (Å²) in [6.07, 6.45) is 1.56. The molecule has 1 atom stereocenters. The molecule has 0 radical (unpaired) electrons. The second-order valence-electron chi connectivity index (χ2n) is 5.48. The van der Waals surface area contributed by atoms with Gasteiger partial charge < -0.3 is 4.74 Å². The van der Waals surface area contributed by atoms with Gasteiger partial charge >= 0.3 is 0 Å². The summed E-state index contributed by atoms with van der Waals surface area (Å²) in [4.78, 5) is 17.8. The molecular weight excluding hydrogens is 310 g/mol. The average molecular weight is 325 g/mol. The Morgan fingerprint density at radius 2 is 2.13 bits per heavy atom. The molecule has 2 aromatic rings. The zero-order valence-corrected chi connectivity index (χ0v) is 13.1. The molecule has 0 bridgehead atoms. The van der Waals surface area contributed by atoms with Crippen LogP contribution in [0.5, 0.6) is 0 Å². The minimum atomic E-state index is -0.276. The number of benzene rings is 1. The van der Waals surface area contributed by atoms with Crippen LogP contribution in [0.1, 0.15) is 26.5 Å². The highest BCUT2D eigenvalue weighted by Gasteiger charge is 2.38. The third-order valence-electron chi connectivity index (χ3n) is 3.84. The number of carbonyl (C=O) groups is 1. The fourth-order valence-corrected chi connectivity index (χ4v) is 3.53. The summed E-state index contributed by atoms with van der Waals surface area (Å²) >= 11 is 1.40. The summed E-state index contributed by atoms with van der Waals surface area (Å²) in [7, 11) is 0. The Balaban J connectivity index is 1.51. The van der Waals surface area contributed by atoms with Gasteiger partial charge in [0.15, 0.2) is 5.90 Å². The number of nitrogens with two attached hydrogens (primary N) is 1. The first-order valence-corrected chi connectivity index (χ1v) is 8.19. The molecule has 1 fully saturated rings. The van der Waals surface area contributed by atoms with Crippen LogP contribution in [0, 0.1) is 0 Å². The van der Waals surface area contributed by atoms with Gasteiger partial charge in [0, 0.05) is 22.4 Å². The van der Waals surface area contributed by atoms with Gasteiger partial charge in [-0.1, -0.05) is 30.3 Å². The maximum absolute atomic E-state index is 11.5. The molecule has 4 rings (SSSR count). The van der Waals surface area contributed by atoms with Gasteiger partial charge in [0.1, 0.15) is 5.76 Å². The molecule has 6 heteroatoms. The lowest BCUT2D eigenvalue weighted by atomic mass is 10.1. The Kier molecular flexibility index (Phi) is 3.48. The average Bonchev–Trinajstić information content (AvgIpc) is 3.22. The first-order valence-electron chi connectivity index (χ1n) is 7.37. The van der Waals surface area contributed by atoms with Crippen LogP contribution in [0.2, 0.25) is 0 Å². The fraction of sp³-hybridized carbons (Fsp3) is 0.176. The van der Waals surface area contributed by atoms with Gasteiger partial charge in [-0.2, -0.15) is 0 Å². The standard InChI is InChI=1S/C17H15N3O2S/c18-20-17(21)14-7-6-11(23-14)8-15-19-13-9-12(13)16(22-15)10-4-2-1-3-5-10/h1-7,13H,8-9,18H2,(H,20,21). The van der Waals surface area contributed by atoms with Crippen molar-refractivity contribution in [2.75, 3.05) is 0 Å². The molecule has 116 valence electrons. The van der Waals surface area contributed by atoms with Crippen molar-refractivity contribution in [1.29, 1.82) is 0 Å². The number of rotatable bonds is 4. The van der Waals surface area contributed by atoms with E-state index in [9.17, 15) is 4.79 Å². The highest BCUT2D eigenvalue weighted by Crippen LogP contribution is 2.43. The molecule has 1 aliphatic carbocycles. The number of hydrazine groups is 1. The van der Waals surface area contributed by atoms with Crippen molar-refractivity contribution in [3.8, 4) is 0 Å². The lowest BCUT2D eigenvalue weighted by molar-refractivity contribution is 0.0957. The Morgan fingerprint density at radius 3 is 2.91 bits per heavy atom. The van der Waals surface area contributed by atoms with Crippen molar-refractivity contribution < 1.29 is 9.53 Å². The quantitative estimate of drug-likeness (QED) is 0.515. The number of nitrogens with one attached hydrogen (secondary N) is 1. The molecule has 2 heterocycles. The molecule has 1 saturated carbocycles. The highest BCUT2D eigenvalue weighted by molar-refractivity contribution is 7.14. The number of hydrogen-bond donors (Lipinski definition) is 2. The molecule has 1 aromatic heterocycles. The van der Waals surface area contributed by atoms with E-state index in [1.807, 2.05) is 24.3 Å². The smallest absolute Gasteiger partial charge is 0.275 e. The first kappa shape index (κ1) is 14.2. The van der Waals surface area contributed by atoms with E-state index in [2.05, 4.69) is 22.6 Å². The fourth-order valence-electron chi connectivity index (χ4n) is 2.63. The highest BCUT2D eigenvalue weighted by atomic mass is 32.1. The monoisotopic (exact) mass is 325 g/mol. The van der Waals surface area contributed by atoms with Crippen molar-refractivity contribution in [3.05, 3.63) is 63.4 Å². The summed E-state index contributed by atoms with van der Waals surface area (Å²) in [5.74, 6) is 6.53.